The van der Waals surface area contributed by atoms with Crippen molar-refractivity contribution in [1.29, 1.82) is 5.26 Å². The maximum Gasteiger partial charge on any atom is 0.126 e. The number of rotatable bonds is 7. The summed E-state index contributed by atoms with van der Waals surface area (Å²) in [5.41, 5.74) is 0.949. The lowest BCUT2D eigenvalue weighted by Crippen LogP contribution is -2.05. The average molecular weight is 254 g/mol. The second-order valence-electron chi connectivity index (χ2n) is 3.46. The van der Waals surface area contributed by atoms with Gasteiger partial charge in [-0.15, -0.1) is 0 Å². The van der Waals surface area contributed by atoms with Crippen molar-refractivity contribution in [1.82, 2.24) is 0 Å². The van der Waals surface area contributed by atoms with E-state index in [1.54, 1.807) is 17.8 Å². The monoisotopic (exact) mass is 254 g/mol. The second-order valence-corrected chi connectivity index (χ2v) is 4.68. The van der Waals surface area contributed by atoms with Crippen molar-refractivity contribution in [2.75, 3.05) is 30.0 Å². The van der Waals surface area contributed by atoms with Crippen LogP contribution in [0.5, 0.6) is 0 Å². The lowest BCUT2D eigenvalue weighted by atomic mass is 10.2. The number of aliphatic hydroxyl groups excluding tert-OH is 1. The molecular formula is C12H15FN2OS. The highest BCUT2D eigenvalue weighted by atomic mass is 32.2. The highest BCUT2D eigenvalue weighted by molar-refractivity contribution is 7.99. The Kier molecular flexibility index (Phi) is 6.45. The molecule has 0 aromatic heterocycles. The third-order valence-electron chi connectivity index (χ3n) is 2.05. The molecule has 0 saturated heterocycles. The molecule has 0 aliphatic rings. The molecule has 0 unspecified atom stereocenters. The number of hydrogen-bond donors (Lipinski definition) is 2. The molecule has 0 spiro atoms. The first kappa shape index (κ1) is 13.8. The summed E-state index contributed by atoms with van der Waals surface area (Å²) >= 11 is 1.73. The summed E-state index contributed by atoms with van der Waals surface area (Å²) in [6.45, 7) is 0.931. The molecule has 0 aliphatic carbocycles. The van der Waals surface area contributed by atoms with E-state index < -0.39 is 5.82 Å². The molecule has 1 aromatic carbocycles. The van der Waals surface area contributed by atoms with Crippen LogP contribution in [0, 0.1) is 17.1 Å². The van der Waals surface area contributed by atoms with Gasteiger partial charge in [0.05, 0.1) is 11.6 Å². The Balaban J connectivity index is 2.32. The quantitative estimate of drug-likeness (QED) is 0.733. The molecule has 1 rings (SSSR count). The number of nitrogens with one attached hydrogen (secondary N) is 1. The van der Waals surface area contributed by atoms with Gasteiger partial charge >= 0.3 is 0 Å². The van der Waals surface area contributed by atoms with Gasteiger partial charge in [0.15, 0.2) is 0 Å². The van der Waals surface area contributed by atoms with E-state index in [4.69, 9.17) is 10.4 Å². The van der Waals surface area contributed by atoms with Gasteiger partial charge in [0.2, 0.25) is 0 Å². The highest BCUT2D eigenvalue weighted by Gasteiger charge is 1.99. The number of benzene rings is 1. The summed E-state index contributed by atoms with van der Waals surface area (Å²) < 4.78 is 13.1. The molecule has 1 aromatic rings. The average Bonchev–Trinajstić information content (AvgIpc) is 2.33. The molecule has 3 nitrogen and oxygen atoms in total. The molecular weight excluding hydrogens is 239 g/mol. The number of nitriles is 1. The predicted octanol–water partition coefficient (Wildman–Crippen LogP) is 2.22. The van der Waals surface area contributed by atoms with E-state index in [0.717, 1.165) is 17.9 Å². The molecule has 0 amide bonds. The maximum absolute atomic E-state index is 13.1. The zero-order valence-electron chi connectivity index (χ0n) is 9.45. The Morgan fingerprint density at radius 1 is 1.35 bits per heavy atom. The van der Waals surface area contributed by atoms with Crippen molar-refractivity contribution in [2.45, 2.75) is 6.42 Å². The molecule has 0 heterocycles. The molecule has 0 bridgehead atoms. The molecule has 92 valence electrons. The summed E-state index contributed by atoms with van der Waals surface area (Å²) in [6, 6.07) is 6.12. The zero-order valence-corrected chi connectivity index (χ0v) is 10.3. The molecule has 0 radical (unpaired) electrons. The zero-order chi connectivity index (χ0) is 12.5. The molecule has 2 N–H and O–H groups in total. The van der Waals surface area contributed by atoms with E-state index in [1.807, 2.05) is 6.07 Å². The van der Waals surface area contributed by atoms with Crippen molar-refractivity contribution in [2.24, 2.45) is 0 Å². The van der Waals surface area contributed by atoms with E-state index in [1.165, 1.54) is 12.1 Å². The Morgan fingerprint density at radius 3 is 2.88 bits per heavy atom. The fourth-order valence-corrected chi connectivity index (χ4v) is 2.08. The molecule has 0 fully saturated rings. The third kappa shape index (κ3) is 5.57. The lowest BCUT2D eigenvalue weighted by Gasteiger charge is -2.06. The van der Waals surface area contributed by atoms with Crippen LogP contribution >= 0.6 is 11.8 Å². The molecule has 5 heteroatoms. The minimum absolute atomic E-state index is 0.218. The lowest BCUT2D eigenvalue weighted by molar-refractivity contribution is 0.296. The van der Waals surface area contributed by atoms with Crippen molar-refractivity contribution in [3.8, 4) is 6.07 Å². The van der Waals surface area contributed by atoms with Crippen molar-refractivity contribution in [3.05, 3.63) is 29.6 Å². The smallest absolute Gasteiger partial charge is 0.126 e. The van der Waals surface area contributed by atoms with Gasteiger partial charge in [-0.05, 0) is 30.4 Å². The van der Waals surface area contributed by atoms with Crippen LogP contribution in [0.4, 0.5) is 10.1 Å². The highest BCUT2D eigenvalue weighted by Crippen LogP contribution is 2.13. The number of hydrogen-bond acceptors (Lipinski definition) is 4. The van der Waals surface area contributed by atoms with E-state index in [-0.39, 0.29) is 6.61 Å². The van der Waals surface area contributed by atoms with Gasteiger partial charge in [-0.3, -0.25) is 0 Å². The Morgan fingerprint density at radius 2 is 2.18 bits per heavy atom. The number of nitrogens with zero attached hydrogens (tertiary/aromatic N) is 1. The second kappa shape index (κ2) is 7.93. The van der Waals surface area contributed by atoms with Gasteiger partial charge in [0, 0.05) is 24.6 Å². The largest absolute Gasteiger partial charge is 0.396 e. The fraction of sp³-hybridized carbons (Fsp3) is 0.417. The van der Waals surface area contributed by atoms with Crippen molar-refractivity contribution < 1.29 is 9.50 Å². The number of anilines is 1. The minimum Gasteiger partial charge on any atom is -0.396 e. The van der Waals surface area contributed by atoms with Crippen LogP contribution in [0.1, 0.15) is 12.0 Å². The Bertz CT molecular complexity index is 393. The first-order valence-corrected chi connectivity index (χ1v) is 6.55. The predicted molar refractivity (Wildman–Crippen MR) is 68.6 cm³/mol. The fourth-order valence-electron chi connectivity index (χ4n) is 1.29. The topological polar surface area (TPSA) is 56.0 Å². The summed E-state index contributed by atoms with van der Waals surface area (Å²) in [6.07, 6.45) is 0.795. The van der Waals surface area contributed by atoms with Gasteiger partial charge in [0.1, 0.15) is 5.82 Å². The number of halogens is 1. The number of thioether (sulfide) groups is 1. The standard InChI is InChI=1S/C12H15FN2OS/c13-11-6-10(9-14)7-12(8-11)15-2-5-17-4-1-3-16/h6-8,15-16H,1-5H2. The first-order valence-electron chi connectivity index (χ1n) is 5.39. The molecule has 0 atom stereocenters. The van der Waals surface area contributed by atoms with Gasteiger partial charge in [-0.2, -0.15) is 17.0 Å². The van der Waals surface area contributed by atoms with Crippen LogP contribution in [0.3, 0.4) is 0 Å². The van der Waals surface area contributed by atoms with Gasteiger partial charge in [-0.25, -0.2) is 4.39 Å². The van der Waals surface area contributed by atoms with Crippen LogP contribution < -0.4 is 5.32 Å². The summed E-state index contributed by atoms with van der Waals surface area (Å²) in [5.74, 6) is 1.41. The van der Waals surface area contributed by atoms with Crippen molar-refractivity contribution >= 4 is 17.4 Å². The normalized spacial score (nSPS) is 9.94. The van der Waals surface area contributed by atoms with Crippen LogP contribution in [0.25, 0.3) is 0 Å². The van der Waals surface area contributed by atoms with Gasteiger partial charge in [-0.1, -0.05) is 0 Å². The van der Waals surface area contributed by atoms with E-state index in [9.17, 15) is 4.39 Å². The molecule has 0 saturated carbocycles. The van der Waals surface area contributed by atoms with Crippen molar-refractivity contribution in [3.63, 3.8) is 0 Å². The summed E-state index contributed by atoms with van der Waals surface area (Å²) in [5, 5.41) is 20.3. The maximum atomic E-state index is 13.1. The van der Waals surface area contributed by atoms with E-state index in [2.05, 4.69) is 5.32 Å². The molecule has 0 aliphatic heterocycles. The van der Waals surface area contributed by atoms with Crippen LogP contribution in [-0.4, -0.2) is 29.8 Å². The Labute approximate surface area is 105 Å². The van der Waals surface area contributed by atoms with E-state index >= 15 is 0 Å². The molecule has 17 heavy (non-hydrogen) atoms. The van der Waals surface area contributed by atoms with Crippen LogP contribution in [0.15, 0.2) is 18.2 Å². The van der Waals surface area contributed by atoms with Crippen LogP contribution in [-0.2, 0) is 0 Å². The number of aliphatic hydroxyl groups is 1. The minimum atomic E-state index is -0.403. The van der Waals surface area contributed by atoms with E-state index in [0.29, 0.717) is 17.8 Å². The van der Waals surface area contributed by atoms with Gasteiger partial charge in [0.25, 0.3) is 0 Å². The first-order chi connectivity index (χ1) is 8.26. The Hall–Kier alpha value is -1.25. The third-order valence-corrected chi connectivity index (χ3v) is 3.12. The summed E-state index contributed by atoms with van der Waals surface area (Å²) in [4.78, 5) is 0. The summed E-state index contributed by atoms with van der Waals surface area (Å²) in [7, 11) is 0. The SMILES string of the molecule is N#Cc1cc(F)cc(NCCSCCCO)c1. The van der Waals surface area contributed by atoms with Gasteiger partial charge < -0.3 is 10.4 Å². The van der Waals surface area contributed by atoms with Crippen LogP contribution in [0.2, 0.25) is 0 Å².